The van der Waals surface area contributed by atoms with E-state index in [0.717, 1.165) is 0 Å². The fourth-order valence-corrected chi connectivity index (χ4v) is 3.52. The Labute approximate surface area is 136 Å². The molecule has 0 amide bonds. The average molecular weight is 311 g/mol. The van der Waals surface area contributed by atoms with Crippen LogP contribution in [0.4, 0.5) is 0 Å². The van der Waals surface area contributed by atoms with Gasteiger partial charge in [-0.1, -0.05) is 38.1 Å². The molecule has 2 nitrogen and oxygen atoms in total. The van der Waals surface area contributed by atoms with E-state index in [0.29, 0.717) is 5.92 Å². The molecule has 4 aromatic rings. The molecule has 0 aliphatic rings. The Hall–Kier alpha value is -2.06. The second-order valence-corrected chi connectivity index (χ2v) is 6.04. The van der Waals surface area contributed by atoms with Gasteiger partial charge in [0.25, 0.3) is 0 Å². The van der Waals surface area contributed by atoms with Crippen molar-refractivity contribution in [3.63, 3.8) is 0 Å². The molecule has 0 aliphatic heterocycles. The van der Waals surface area contributed by atoms with Gasteiger partial charge in [0.15, 0.2) is 0 Å². The second kappa shape index (κ2) is 5.29. The van der Waals surface area contributed by atoms with E-state index < -0.39 is 0 Å². The summed E-state index contributed by atoms with van der Waals surface area (Å²) in [4.78, 5) is 3.64. The molecule has 112 valence electrons. The van der Waals surface area contributed by atoms with Crippen molar-refractivity contribution < 1.29 is 17.0 Å². The third kappa shape index (κ3) is 1.91. The molecule has 0 atom stereocenters. The van der Waals surface area contributed by atoms with E-state index in [4.69, 9.17) is 0 Å². The zero-order valence-corrected chi connectivity index (χ0v) is 13.8. The lowest BCUT2D eigenvalue weighted by atomic mass is 9.96. The van der Waals surface area contributed by atoms with Crippen LogP contribution in [0.15, 0.2) is 48.5 Å². The fourth-order valence-electron chi connectivity index (χ4n) is 3.52. The number of nitrogens with zero attached hydrogens (tertiary/aromatic N) is 1. The minimum atomic E-state index is 0. The summed E-state index contributed by atoms with van der Waals surface area (Å²) in [6, 6.07) is 17.2. The van der Waals surface area contributed by atoms with Crippen LogP contribution in [0, 0.1) is 0 Å². The Morgan fingerprint density at radius 1 is 0.909 bits per heavy atom. The molecule has 4 rings (SSSR count). The third-order valence-electron chi connectivity index (χ3n) is 4.42. The van der Waals surface area contributed by atoms with E-state index in [1.165, 1.54) is 38.4 Å². The first-order valence-electron chi connectivity index (χ1n) is 7.49. The maximum absolute atomic E-state index is 3.64. The molecule has 0 saturated carbocycles. The Morgan fingerprint density at radius 3 is 2.27 bits per heavy atom. The predicted octanol–water partition coefficient (Wildman–Crippen LogP) is 1.43. The van der Waals surface area contributed by atoms with Crippen LogP contribution in [0.2, 0.25) is 0 Å². The largest absolute Gasteiger partial charge is 1.00 e. The summed E-state index contributed by atoms with van der Waals surface area (Å²) in [6.07, 6.45) is 0. The average Bonchev–Trinajstić information content (AvgIpc) is 2.86. The van der Waals surface area contributed by atoms with Crippen molar-refractivity contribution in [2.24, 2.45) is 7.05 Å². The highest BCUT2D eigenvalue weighted by atomic mass is 35.5. The smallest absolute Gasteiger partial charge is 0.238 e. The number of para-hydroxylation sites is 2. The van der Waals surface area contributed by atoms with Gasteiger partial charge in [-0.3, -0.25) is 0 Å². The number of pyridine rings is 1. The third-order valence-corrected chi connectivity index (χ3v) is 4.42. The summed E-state index contributed by atoms with van der Waals surface area (Å²) >= 11 is 0. The molecular weight excluding hydrogens is 292 g/mol. The van der Waals surface area contributed by atoms with Crippen molar-refractivity contribution in [2.75, 3.05) is 0 Å². The maximum atomic E-state index is 3.64. The van der Waals surface area contributed by atoms with Crippen molar-refractivity contribution >= 4 is 32.8 Å². The number of hydrogen-bond donors (Lipinski definition) is 1. The van der Waals surface area contributed by atoms with Crippen LogP contribution in [0.5, 0.6) is 0 Å². The Kier molecular flexibility index (Phi) is 3.57. The van der Waals surface area contributed by atoms with Crippen LogP contribution >= 0.6 is 0 Å². The molecule has 3 heteroatoms. The second-order valence-electron chi connectivity index (χ2n) is 6.04. The molecule has 1 N–H and O–H groups in total. The zero-order valence-electron chi connectivity index (χ0n) is 13.0. The van der Waals surface area contributed by atoms with Crippen molar-refractivity contribution in [3.8, 4) is 0 Å². The lowest BCUT2D eigenvalue weighted by Gasteiger charge is -2.10. The van der Waals surface area contributed by atoms with E-state index in [-0.39, 0.29) is 12.4 Å². The molecule has 0 saturated heterocycles. The highest BCUT2D eigenvalue weighted by Gasteiger charge is 2.23. The van der Waals surface area contributed by atoms with Gasteiger partial charge in [0, 0.05) is 6.07 Å². The molecule has 2 aromatic heterocycles. The maximum Gasteiger partial charge on any atom is 0.238 e. The topological polar surface area (TPSA) is 19.7 Å². The first kappa shape index (κ1) is 14.9. The molecule has 0 radical (unpaired) electrons. The molecule has 0 spiro atoms. The molecule has 0 aliphatic carbocycles. The van der Waals surface area contributed by atoms with Gasteiger partial charge < -0.3 is 17.4 Å². The first-order valence-corrected chi connectivity index (χ1v) is 7.49. The van der Waals surface area contributed by atoms with Crippen LogP contribution in [-0.4, -0.2) is 4.98 Å². The summed E-state index contributed by atoms with van der Waals surface area (Å²) in [5.41, 5.74) is 6.48. The van der Waals surface area contributed by atoms with Crippen LogP contribution < -0.4 is 17.0 Å². The minimum absolute atomic E-state index is 0. The molecule has 22 heavy (non-hydrogen) atoms. The van der Waals surface area contributed by atoms with E-state index in [9.17, 15) is 0 Å². The van der Waals surface area contributed by atoms with Crippen LogP contribution in [0.3, 0.4) is 0 Å². The number of benzene rings is 2. The van der Waals surface area contributed by atoms with Gasteiger partial charge >= 0.3 is 0 Å². The Bertz CT molecular complexity index is 983. The highest BCUT2D eigenvalue weighted by molar-refractivity contribution is 6.07. The van der Waals surface area contributed by atoms with Crippen LogP contribution in [0.1, 0.15) is 25.3 Å². The summed E-state index contributed by atoms with van der Waals surface area (Å²) in [5.74, 6) is 0.478. The number of rotatable bonds is 1. The molecule has 2 aromatic carbocycles. The van der Waals surface area contributed by atoms with Gasteiger partial charge in [-0.25, -0.2) is 0 Å². The number of aromatic nitrogens is 2. The van der Waals surface area contributed by atoms with Crippen molar-refractivity contribution in [1.29, 1.82) is 0 Å². The quantitative estimate of drug-likeness (QED) is 0.513. The van der Waals surface area contributed by atoms with Gasteiger partial charge in [0.1, 0.15) is 12.6 Å². The van der Waals surface area contributed by atoms with E-state index in [2.05, 4.69) is 79.0 Å². The van der Waals surface area contributed by atoms with Crippen LogP contribution in [0.25, 0.3) is 32.8 Å². The summed E-state index contributed by atoms with van der Waals surface area (Å²) in [6.45, 7) is 4.54. The summed E-state index contributed by atoms with van der Waals surface area (Å²) in [5, 5.41) is 2.64. The predicted molar refractivity (Wildman–Crippen MR) is 88.6 cm³/mol. The molecule has 0 unspecified atom stereocenters. The fraction of sp³-hybridized carbons (Fsp3) is 0.211. The number of H-pyrrole nitrogens is 1. The summed E-state index contributed by atoms with van der Waals surface area (Å²) < 4.78 is 2.31. The number of nitrogens with one attached hydrogen (secondary N) is 1. The Balaban J connectivity index is 0.00000144. The van der Waals surface area contributed by atoms with E-state index in [1.54, 1.807) is 0 Å². The van der Waals surface area contributed by atoms with Gasteiger partial charge in [-0.05, 0) is 29.7 Å². The Morgan fingerprint density at radius 2 is 1.55 bits per heavy atom. The summed E-state index contributed by atoms with van der Waals surface area (Å²) in [7, 11) is 2.16. The minimum Gasteiger partial charge on any atom is -1.00 e. The molecule has 0 bridgehead atoms. The molecule has 2 heterocycles. The van der Waals surface area contributed by atoms with Gasteiger partial charge in [0.05, 0.1) is 16.3 Å². The zero-order chi connectivity index (χ0) is 14.6. The van der Waals surface area contributed by atoms with E-state index >= 15 is 0 Å². The van der Waals surface area contributed by atoms with Crippen molar-refractivity contribution in [3.05, 3.63) is 54.1 Å². The standard InChI is InChI=1S/C19H18N2.ClH/c1-12(2)17-14-9-5-7-11-16(14)21(3)19-13-8-4-6-10-15(13)20-18(17)19;/h4-12H,1-3H3;1H. The normalized spacial score (nSPS) is 11.5. The van der Waals surface area contributed by atoms with Crippen molar-refractivity contribution in [2.45, 2.75) is 19.8 Å². The van der Waals surface area contributed by atoms with Crippen molar-refractivity contribution in [1.82, 2.24) is 4.98 Å². The highest BCUT2D eigenvalue weighted by Crippen LogP contribution is 2.33. The number of halogens is 1. The number of aromatic amines is 1. The lowest BCUT2D eigenvalue weighted by molar-refractivity contribution is -0.616. The van der Waals surface area contributed by atoms with Gasteiger partial charge in [-0.15, -0.1) is 0 Å². The number of fused-ring (bicyclic) bond motifs is 4. The van der Waals surface area contributed by atoms with Gasteiger partial charge in [-0.2, -0.15) is 4.57 Å². The van der Waals surface area contributed by atoms with Crippen LogP contribution in [-0.2, 0) is 7.05 Å². The SMILES string of the molecule is CC(C)c1c2ccccc2[n+](C)c2c1[nH]c1ccccc12.[Cl-]. The van der Waals surface area contributed by atoms with E-state index in [1.807, 2.05) is 0 Å². The molecular formula is C19H19ClN2. The monoisotopic (exact) mass is 310 g/mol. The number of aryl methyl sites for hydroxylation is 1. The number of hydrogen-bond acceptors (Lipinski definition) is 0. The molecule has 0 fully saturated rings. The lowest BCUT2D eigenvalue weighted by Crippen LogP contribution is -3.00. The van der Waals surface area contributed by atoms with Gasteiger partial charge in [0.2, 0.25) is 11.0 Å². The first-order chi connectivity index (χ1) is 10.2.